The lowest BCUT2D eigenvalue weighted by Gasteiger charge is -2.29. The van der Waals surface area contributed by atoms with Crippen molar-refractivity contribution < 1.29 is 24.6 Å². The maximum Gasteiger partial charge on any atom is 0.323 e. The molecule has 0 aromatic heterocycles. The molecule has 0 spiro atoms. The van der Waals surface area contributed by atoms with E-state index in [1.807, 2.05) is 0 Å². The standard InChI is InChI=1S/C22H31N3O5S/c23-20-19(15(22(29)30)6-2-1-5-14-9-11-24-12-10-14)21(28)25(13-18(26)27)16-7-3-4-8-17(16)31-20/h3-4,7-8,14-15,19-20,24H,1-2,5-6,9-13,23H2,(H,26,27)(H,29,30)/t15-,19?,20?/m0/s1. The average Bonchev–Trinajstić information content (AvgIpc) is 2.83. The predicted octanol–water partition coefficient (Wildman–Crippen LogP) is 2.37. The summed E-state index contributed by atoms with van der Waals surface area (Å²) in [5.74, 6) is -4.02. The van der Waals surface area contributed by atoms with Gasteiger partial charge in [-0.3, -0.25) is 19.3 Å². The fourth-order valence-corrected chi connectivity index (χ4v) is 5.76. The monoisotopic (exact) mass is 449 g/mol. The van der Waals surface area contributed by atoms with Crippen molar-refractivity contribution in [3.05, 3.63) is 24.3 Å². The molecular weight excluding hydrogens is 418 g/mol. The van der Waals surface area contributed by atoms with E-state index in [2.05, 4.69) is 5.32 Å². The van der Waals surface area contributed by atoms with Crippen LogP contribution in [0.2, 0.25) is 0 Å². The molecule has 2 aliphatic heterocycles. The number of piperidine rings is 1. The number of anilines is 1. The highest BCUT2D eigenvalue weighted by molar-refractivity contribution is 8.00. The second kappa shape index (κ2) is 11.0. The lowest BCUT2D eigenvalue weighted by molar-refractivity contribution is -0.147. The number of carbonyl (C=O) groups excluding carboxylic acids is 1. The molecule has 170 valence electrons. The first-order chi connectivity index (χ1) is 14.9. The number of para-hydroxylation sites is 1. The third kappa shape index (κ3) is 5.99. The smallest absolute Gasteiger partial charge is 0.323 e. The first kappa shape index (κ1) is 23.6. The molecule has 0 aliphatic carbocycles. The lowest BCUT2D eigenvalue weighted by atomic mass is 9.85. The quantitative estimate of drug-likeness (QED) is 0.422. The summed E-state index contributed by atoms with van der Waals surface area (Å²) in [6.07, 6.45) is 5.32. The number of aliphatic carboxylic acids is 2. The maximum absolute atomic E-state index is 13.4. The van der Waals surface area contributed by atoms with Gasteiger partial charge in [0.05, 0.1) is 22.9 Å². The molecule has 8 nitrogen and oxygen atoms in total. The molecule has 0 saturated carbocycles. The van der Waals surface area contributed by atoms with Gasteiger partial charge in [-0.2, -0.15) is 0 Å². The van der Waals surface area contributed by atoms with E-state index in [4.69, 9.17) is 5.73 Å². The maximum atomic E-state index is 13.4. The van der Waals surface area contributed by atoms with E-state index in [1.165, 1.54) is 16.7 Å². The molecule has 9 heteroatoms. The Labute approximate surface area is 186 Å². The Morgan fingerprint density at radius 2 is 1.90 bits per heavy atom. The summed E-state index contributed by atoms with van der Waals surface area (Å²) in [7, 11) is 0. The molecule has 1 aromatic carbocycles. The number of nitrogens with zero attached hydrogens (tertiary/aromatic N) is 1. The van der Waals surface area contributed by atoms with Gasteiger partial charge in [0.1, 0.15) is 6.54 Å². The number of hydrogen-bond donors (Lipinski definition) is 4. The number of carboxylic acids is 2. The summed E-state index contributed by atoms with van der Waals surface area (Å²) in [6, 6.07) is 6.97. The number of rotatable bonds is 9. The van der Waals surface area contributed by atoms with Crippen molar-refractivity contribution in [2.24, 2.45) is 23.5 Å². The second-order valence-electron chi connectivity index (χ2n) is 8.32. The number of fused-ring (bicyclic) bond motifs is 1. The van der Waals surface area contributed by atoms with Gasteiger partial charge in [-0.1, -0.05) is 31.4 Å². The zero-order valence-electron chi connectivity index (χ0n) is 17.5. The van der Waals surface area contributed by atoms with Crippen molar-refractivity contribution >= 4 is 35.3 Å². The Bertz CT molecular complexity index is 799. The molecule has 3 rings (SSSR count). The number of carboxylic acid groups (broad SMARTS) is 2. The van der Waals surface area contributed by atoms with Gasteiger partial charge in [0, 0.05) is 4.90 Å². The summed E-state index contributed by atoms with van der Waals surface area (Å²) in [6.45, 7) is 1.54. The Balaban J connectivity index is 1.74. The van der Waals surface area contributed by atoms with Crippen molar-refractivity contribution in [3.8, 4) is 0 Å². The van der Waals surface area contributed by atoms with Crippen molar-refractivity contribution in [2.75, 3.05) is 24.5 Å². The van der Waals surface area contributed by atoms with E-state index >= 15 is 0 Å². The van der Waals surface area contributed by atoms with Crippen molar-refractivity contribution in [3.63, 3.8) is 0 Å². The normalized spacial score (nSPS) is 23.1. The largest absolute Gasteiger partial charge is 0.481 e. The number of amides is 1. The Hall–Kier alpha value is -2.10. The first-order valence-corrected chi connectivity index (χ1v) is 11.7. The molecule has 0 bridgehead atoms. The minimum atomic E-state index is -1.16. The summed E-state index contributed by atoms with van der Waals surface area (Å²) in [4.78, 5) is 38.8. The van der Waals surface area contributed by atoms with E-state index in [0.717, 1.165) is 38.8 Å². The van der Waals surface area contributed by atoms with Crippen LogP contribution in [0.4, 0.5) is 5.69 Å². The van der Waals surface area contributed by atoms with Gasteiger partial charge in [0.2, 0.25) is 5.91 Å². The fourth-order valence-electron chi connectivity index (χ4n) is 4.56. The molecule has 31 heavy (non-hydrogen) atoms. The number of nitrogens with two attached hydrogens (primary N) is 1. The Morgan fingerprint density at radius 3 is 2.58 bits per heavy atom. The van der Waals surface area contributed by atoms with Crippen LogP contribution in [-0.2, 0) is 14.4 Å². The zero-order valence-corrected chi connectivity index (χ0v) is 18.4. The van der Waals surface area contributed by atoms with Crippen molar-refractivity contribution in [2.45, 2.75) is 48.8 Å². The average molecular weight is 450 g/mol. The molecule has 3 atom stereocenters. The molecule has 1 amide bonds. The number of carbonyl (C=O) groups is 3. The van der Waals surface area contributed by atoms with Crippen molar-refractivity contribution in [1.29, 1.82) is 0 Å². The molecule has 2 heterocycles. The van der Waals surface area contributed by atoms with Gasteiger partial charge < -0.3 is 21.3 Å². The third-order valence-electron chi connectivity index (χ3n) is 6.20. The van der Waals surface area contributed by atoms with Crippen LogP contribution in [-0.4, -0.2) is 53.1 Å². The molecule has 1 fully saturated rings. The highest BCUT2D eigenvalue weighted by Gasteiger charge is 2.43. The van der Waals surface area contributed by atoms with Crippen molar-refractivity contribution in [1.82, 2.24) is 5.32 Å². The van der Waals surface area contributed by atoms with Crippen LogP contribution < -0.4 is 16.0 Å². The van der Waals surface area contributed by atoms with Gasteiger partial charge in [-0.05, 0) is 50.4 Å². The number of nitrogens with one attached hydrogen (secondary N) is 1. The Morgan fingerprint density at radius 1 is 1.19 bits per heavy atom. The Kier molecular flexibility index (Phi) is 8.34. The van der Waals surface area contributed by atoms with Gasteiger partial charge >= 0.3 is 11.9 Å². The van der Waals surface area contributed by atoms with Crippen LogP contribution in [0, 0.1) is 17.8 Å². The van der Waals surface area contributed by atoms with E-state index < -0.39 is 41.6 Å². The SMILES string of the molecule is NC1Sc2ccccc2N(CC(=O)O)C(=O)C1[C@H](CCCCC1CCNCC1)C(=O)O. The molecule has 5 N–H and O–H groups in total. The highest BCUT2D eigenvalue weighted by atomic mass is 32.2. The van der Waals surface area contributed by atoms with E-state index in [0.29, 0.717) is 29.3 Å². The number of unbranched alkanes of at least 4 members (excludes halogenated alkanes) is 1. The van der Waals surface area contributed by atoms with Gasteiger partial charge in [-0.15, -0.1) is 11.8 Å². The van der Waals surface area contributed by atoms with Gasteiger partial charge in [-0.25, -0.2) is 0 Å². The summed E-state index contributed by atoms with van der Waals surface area (Å²) in [5, 5.41) is 21.8. The number of thioether (sulfide) groups is 1. The summed E-state index contributed by atoms with van der Waals surface area (Å²) in [5.41, 5.74) is 6.80. The van der Waals surface area contributed by atoms with Crippen LogP contribution in [0.5, 0.6) is 0 Å². The predicted molar refractivity (Wildman–Crippen MR) is 119 cm³/mol. The van der Waals surface area contributed by atoms with Gasteiger partial charge in [0.15, 0.2) is 0 Å². The molecule has 2 unspecified atom stereocenters. The van der Waals surface area contributed by atoms with E-state index in [9.17, 15) is 24.6 Å². The minimum Gasteiger partial charge on any atom is -0.481 e. The molecule has 2 aliphatic rings. The van der Waals surface area contributed by atoms with Crippen LogP contribution in [0.1, 0.15) is 38.5 Å². The number of benzene rings is 1. The lowest BCUT2D eigenvalue weighted by Crippen LogP contribution is -2.48. The molecule has 1 saturated heterocycles. The second-order valence-corrected chi connectivity index (χ2v) is 9.54. The minimum absolute atomic E-state index is 0.349. The molecule has 0 radical (unpaired) electrons. The van der Waals surface area contributed by atoms with Crippen LogP contribution in [0.3, 0.4) is 0 Å². The van der Waals surface area contributed by atoms with Crippen LogP contribution in [0.25, 0.3) is 0 Å². The van der Waals surface area contributed by atoms with Crippen LogP contribution >= 0.6 is 11.8 Å². The number of hydrogen-bond acceptors (Lipinski definition) is 6. The summed E-state index contributed by atoms with van der Waals surface area (Å²) < 4.78 is 0. The zero-order chi connectivity index (χ0) is 22.4. The highest BCUT2D eigenvalue weighted by Crippen LogP contribution is 2.41. The third-order valence-corrected chi connectivity index (χ3v) is 7.37. The summed E-state index contributed by atoms with van der Waals surface area (Å²) >= 11 is 1.24. The first-order valence-electron chi connectivity index (χ1n) is 10.9. The molecule has 1 aromatic rings. The van der Waals surface area contributed by atoms with Gasteiger partial charge in [0.25, 0.3) is 0 Å². The molecular formula is C22H31N3O5S. The topological polar surface area (TPSA) is 133 Å². The van der Waals surface area contributed by atoms with Crippen LogP contribution in [0.15, 0.2) is 29.2 Å². The van der Waals surface area contributed by atoms with E-state index in [-0.39, 0.29) is 0 Å². The van der Waals surface area contributed by atoms with E-state index in [1.54, 1.807) is 24.3 Å². The fraction of sp³-hybridized carbons (Fsp3) is 0.591.